The van der Waals surface area contributed by atoms with Crippen LogP contribution in [0.1, 0.15) is 18.3 Å². The molecule has 0 unspecified atom stereocenters. The average molecular weight is 573 g/mol. The van der Waals surface area contributed by atoms with E-state index in [9.17, 15) is 22.3 Å². The minimum absolute atomic E-state index is 0.0379. The molecule has 3 atom stereocenters. The van der Waals surface area contributed by atoms with Gasteiger partial charge in [-0.25, -0.2) is 26.7 Å². The molecule has 0 bridgehead atoms. The highest BCUT2D eigenvalue weighted by molar-refractivity contribution is 7.90. The van der Waals surface area contributed by atoms with Crippen molar-refractivity contribution >= 4 is 21.0 Å². The van der Waals surface area contributed by atoms with Crippen LogP contribution in [0.15, 0.2) is 48.9 Å². The molecule has 1 aliphatic heterocycles. The van der Waals surface area contributed by atoms with E-state index in [2.05, 4.69) is 20.0 Å². The fourth-order valence-corrected chi connectivity index (χ4v) is 5.55. The standard InChI is InChI=1S/C27H30F2N6O4S/c1-16-14-34(15-22(30)27(16)39-7-8-40(2,37)38)24-5-6-31-12-17(24)9-25-32-13-18-3-4-23(33-35(18)25)26-20(28)10-19(36)11-21(26)29/h3-6,10-13,16,22,27,36H,7-9,14-15,30H2,1-2H3/t16-,22+,27-/m0/s1. The summed E-state index contributed by atoms with van der Waals surface area (Å²) >= 11 is 0. The van der Waals surface area contributed by atoms with E-state index in [0.29, 0.717) is 30.9 Å². The second-order valence-corrected chi connectivity index (χ2v) is 12.5. The molecule has 10 nitrogen and oxygen atoms in total. The molecule has 0 aliphatic carbocycles. The van der Waals surface area contributed by atoms with E-state index >= 15 is 0 Å². The number of ether oxygens (including phenoxy) is 1. The van der Waals surface area contributed by atoms with Crippen molar-refractivity contribution in [1.29, 1.82) is 0 Å². The average Bonchev–Trinajstić information content (AvgIpc) is 3.26. The Kier molecular flexibility index (Phi) is 7.71. The van der Waals surface area contributed by atoms with Crippen LogP contribution in [-0.2, 0) is 21.0 Å². The summed E-state index contributed by atoms with van der Waals surface area (Å²) in [5, 5.41) is 14.0. The van der Waals surface area contributed by atoms with Crippen molar-refractivity contribution in [3.63, 3.8) is 0 Å². The molecule has 4 aromatic rings. The smallest absolute Gasteiger partial charge is 0.149 e. The molecular weight excluding hydrogens is 542 g/mol. The van der Waals surface area contributed by atoms with E-state index in [4.69, 9.17) is 10.5 Å². The van der Waals surface area contributed by atoms with E-state index < -0.39 is 27.2 Å². The number of fused-ring (bicyclic) bond motifs is 1. The minimum atomic E-state index is -3.13. The molecule has 1 saturated heterocycles. The summed E-state index contributed by atoms with van der Waals surface area (Å²) < 4.78 is 59.4. The fraction of sp³-hybridized carbons (Fsp3) is 0.370. The van der Waals surface area contributed by atoms with Crippen molar-refractivity contribution in [1.82, 2.24) is 19.6 Å². The number of pyridine rings is 1. The van der Waals surface area contributed by atoms with Crippen LogP contribution in [0, 0.1) is 17.6 Å². The number of phenols is 1. The number of nitrogens with zero attached hydrogens (tertiary/aromatic N) is 5. The first-order chi connectivity index (χ1) is 19.0. The molecule has 0 saturated carbocycles. The number of halogens is 2. The maximum atomic E-state index is 14.5. The van der Waals surface area contributed by atoms with Crippen LogP contribution in [0.5, 0.6) is 5.75 Å². The summed E-state index contributed by atoms with van der Waals surface area (Å²) in [6.45, 7) is 3.25. The molecule has 3 aromatic heterocycles. The largest absolute Gasteiger partial charge is 0.508 e. The zero-order valence-corrected chi connectivity index (χ0v) is 22.9. The Balaban J connectivity index is 1.39. The predicted molar refractivity (Wildman–Crippen MR) is 146 cm³/mol. The third-order valence-electron chi connectivity index (χ3n) is 6.99. The van der Waals surface area contributed by atoms with Gasteiger partial charge in [0.25, 0.3) is 0 Å². The number of aromatic hydroxyl groups is 1. The number of benzene rings is 1. The quantitative estimate of drug-likeness (QED) is 0.327. The summed E-state index contributed by atoms with van der Waals surface area (Å²) in [5.74, 6) is -1.82. The molecule has 1 aliphatic rings. The first-order valence-electron chi connectivity index (χ1n) is 12.7. The van der Waals surface area contributed by atoms with Gasteiger partial charge in [0.1, 0.15) is 33.0 Å². The van der Waals surface area contributed by atoms with Crippen molar-refractivity contribution in [3.8, 4) is 17.0 Å². The summed E-state index contributed by atoms with van der Waals surface area (Å²) in [6.07, 6.45) is 6.30. The highest BCUT2D eigenvalue weighted by Crippen LogP contribution is 2.30. The van der Waals surface area contributed by atoms with E-state index in [-0.39, 0.29) is 41.7 Å². The molecule has 0 radical (unpaired) electrons. The lowest BCUT2D eigenvalue weighted by molar-refractivity contribution is 0.00179. The Labute approximate surface area is 230 Å². The highest BCUT2D eigenvalue weighted by atomic mass is 32.2. The maximum Gasteiger partial charge on any atom is 0.149 e. The van der Waals surface area contributed by atoms with Gasteiger partial charge in [0.15, 0.2) is 0 Å². The molecule has 5 rings (SSSR count). The number of piperidine rings is 1. The highest BCUT2D eigenvalue weighted by Gasteiger charge is 2.34. The van der Waals surface area contributed by atoms with Gasteiger partial charge in [0, 0.05) is 73.5 Å². The van der Waals surface area contributed by atoms with E-state index in [0.717, 1.165) is 23.4 Å². The van der Waals surface area contributed by atoms with Gasteiger partial charge in [0.05, 0.1) is 41.4 Å². The lowest BCUT2D eigenvalue weighted by Crippen LogP contribution is -2.57. The molecule has 1 fully saturated rings. The van der Waals surface area contributed by atoms with Gasteiger partial charge >= 0.3 is 0 Å². The number of hydrogen-bond acceptors (Lipinski definition) is 9. The predicted octanol–water partition coefficient (Wildman–Crippen LogP) is 2.58. The second kappa shape index (κ2) is 11.1. The van der Waals surface area contributed by atoms with Crippen LogP contribution in [0.3, 0.4) is 0 Å². The van der Waals surface area contributed by atoms with Crippen molar-refractivity contribution in [2.45, 2.75) is 25.5 Å². The van der Waals surface area contributed by atoms with Crippen molar-refractivity contribution < 1.29 is 27.0 Å². The normalized spacial score (nSPS) is 19.8. The molecule has 40 heavy (non-hydrogen) atoms. The number of sulfone groups is 1. The van der Waals surface area contributed by atoms with E-state index in [1.54, 1.807) is 24.7 Å². The third-order valence-corrected chi connectivity index (χ3v) is 7.90. The van der Waals surface area contributed by atoms with Crippen LogP contribution >= 0.6 is 0 Å². The van der Waals surface area contributed by atoms with Gasteiger partial charge in [0.2, 0.25) is 0 Å². The monoisotopic (exact) mass is 572 g/mol. The Bertz CT molecular complexity index is 1610. The number of nitrogens with two attached hydrogens (primary N) is 1. The number of anilines is 1. The van der Waals surface area contributed by atoms with Crippen LogP contribution in [0.4, 0.5) is 14.5 Å². The molecule has 4 heterocycles. The first kappa shape index (κ1) is 27.9. The Morgan fingerprint density at radius 2 is 1.90 bits per heavy atom. The van der Waals surface area contributed by atoms with E-state index in [1.807, 2.05) is 13.0 Å². The Hall–Kier alpha value is -3.68. The summed E-state index contributed by atoms with van der Waals surface area (Å²) in [4.78, 5) is 10.9. The van der Waals surface area contributed by atoms with E-state index in [1.165, 1.54) is 16.8 Å². The molecule has 3 N–H and O–H groups in total. The zero-order chi connectivity index (χ0) is 28.6. The molecule has 1 aromatic carbocycles. The number of imidazole rings is 1. The van der Waals surface area contributed by atoms with Crippen molar-refractivity contribution in [2.24, 2.45) is 11.7 Å². The minimum Gasteiger partial charge on any atom is -0.508 e. The maximum absolute atomic E-state index is 14.5. The van der Waals surface area contributed by atoms with Gasteiger partial charge < -0.3 is 20.5 Å². The van der Waals surface area contributed by atoms with Crippen molar-refractivity contribution in [3.05, 3.63) is 71.9 Å². The van der Waals surface area contributed by atoms with Gasteiger partial charge in [-0.3, -0.25) is 4.98 Å². The van der Waals surface area contributed by atoms with Gasteiger partial charge in [-0.1, -0.05) is 6.92 Å². The number of aromatic nitrogens is 4. The number of rotatable bonds is 8. The van der Waals surface area contributed by atoms with Gasteiger partial charge in [-0.05, 0) is 18.2 Å². The van der Waals surface area contributed by atoms with Crippen LogP contribution < -0.4 is 10.6 Å². The Morgan fingerprint density at radius 3 is 2.60 bits per heavy atom. The fourth-order valence-electron chi connectivity index (χ4n) is 5.15. The summed E-state index contributed by atoms with van der Waals surface area (Å²) in [6, 6.07) is 6.41. The molecular formula is C27H30F2N6O4S. The number of hydrogen-bond donors (Lipinski definition) is 2. The topological polar surface area (TPSA) is 136 Å². The molecule has 212 valence electrons. The Morgan fingerprint density at radius 1 is 1.15 bits per heavy atom. The second-order valence-electron chi connectivity index (χ2n) is 10.2. The summed E-state index contributed by atoms with van der Waals surface area (Å²) in [5.41, 5.74) is 8.62. The zero-order valence-electron chi connectivity index (χ0n) is 22.0. The van der Waals surface area contributed by atoms with Gasteiger partial charge in [-0.2, -0.15) is 5.10 Å². The molecule has 0 spiro atoms. The lowest BCUT2D eigenvalue weighted by Gasteiger charge is -2.42. The first-order valence-corrected chi connectivity index (χ1v) is 14.8. The third kappa shape index (κ3) is 5.91. The van der Waals surface area contributed by atoms with Crippen molar-refractivity contribution in [2.75, 3.05) is 36.6 Å². The SMILES string of the molecule is C[C@H]1CN(c2ccncc2Cc2ncc3ccc(-c4c(F)cc(O)cc4F)nn23)C[C@@H](N)[C@H]1OCCS(C)(=O)=O. The molecule has 0 amide bonds. The van der Waals surface area contributed by atoms with Crippen LogP contribution in [-0.4, -0.2) is 77.0 Å². The molecule has 13 heteroatoms. The van der Waals surface area contributed by atoms with Crippen LogP contribution in [0.25, 0.3) is 16.8 Å². The summed E-state index contributed by atoms with van der Waals surface area (Å²) in [7, 11) is -3.13. The van der Waals surface area contributed by atoms with Crippen LogP contribution in [0.2, 0.25) is 0 Å². The van der Waals surface area contributed by atoms with Gasteiger partial charge in [-0.15, -0.1) is 0 Å². The number of phenolic OH excluding ortho intramolecular Hbond substituents is 1. The lowest BCUT2D eigenvalue weighted by atomic mass is 9.91.